The highest BCUT2D eigenvalue weighted by molar-refractivity contribution is 5.80. The SMILES string of the molecule is CCCOc1cc(N(C)CC)ccc1C=O. The van der Waals surface area contributed by atoms with E-state index in [1.54, 1.807) is 6.07 Å². The van der Waals surface area contributed by atoms with E-state index in [9.17, 15) is 4.79 Å². The number of aldehydes is 1. The molecule has 3 nitrogen and oxygen atoms in total. The number of hydrogen-bond acceptors (Lipinski definition) is 3. The molecule has 0 heterocycles. The van der Waals surface area contributed by atoms with Gasteiger partial charge in [0.1, 0.15) is 5.75 Å². The molecule has 0 amide bonds. The highest BCUT2D eigenvalue weighted by Gasteiger charge is 2.06. The van der Waals surface area contributed by atoms with E-state index in [4.69, 9.17) is 4.74 Å². The second-order valence-corrected chi connectivity index (χ2v) is 3.70. The summed E-state index contributed by atoms with van der Waals surface area (Å²) in [5.74, 6) is 0.676. The molecule has 0 N–H and O–H groups in total. The fourth-order valence-corrected chi connectivity index (χ4v) is 1.38. The standard InChI is InChI=1S/C13H19NO2/c1-4-8-16-13-9-12(14(3)5-2)7-6-11(13)10-15/h6-7,9-10H,4-5,8H2,1-3H3. The minimum Gasteiger partial charge on any atom is -0.493 e. The summed E-state index contributed by atoms with van der Waals surface area (Å²) in [7, 11) is 2.01. The van der Waals surface area contributed by atoms with E-state index >= 15 is 0 Å². The Balaban J connectivity index is 2.96. The van der Waals surface area contributed by atoms with E-state index in [1.165, 1.54) is 0 Å². The Kier molecular flexibility index (Phi) is 4.83. The predicted octanol–water partition coefficient (Wildman–Crippen LogP) is 2.74. The highest BCUT2D eigenvalue weighted by Crippen LogP contribution is 2.24. The first-order valence-electron chi connectivity index (χ1n) is 5.66. The van der Waals surface area contributed by atoms with Gasteiger partial charge in [-0.2, -0.15) is 0 Å². The first kappa shape index (κ1) is 12.6. The molecule has 0 radical (unpaired) electrons. The molecule has 0 aliphatic carbocycles. The number of anilines is 1. The maximum absolute atomic E-state index is 10.8. The van der Waals surface area contributed by atoms with Crippen LogP contribution in [0.3, 0.4) is 0 Å². The van der Waals surface area contributed by atoms with E-state index in [2.05, 4.69) is 11.8 Å². The summed E-state index contributed by atoms with van der Waals surface area (Å²) in [6.45, 7) is 5.69. The minimum atomic E-state index is 0.613. The lowest BCUT2D eigenvalue weighted by Crippen LogP contribution is -2.15. The Morgan fingerprint density at radius 3 is 2.69 bits per heavy atom. The van der Waals surface area contributed by atoms with Crippen LogP contribution in [-0.4, -0.2) is 26.5 Å². The van der Waals surface area contributed by atoms with Gasteiger partial charge in [0.15, 0.2) is 6.29 Å². The van der Waals surface area contributed by atoms with Crippen molar-refractivity contribution in [3.63, 3.8) is 0 Å². The van der Waals surface area contributed by atoms with Crippen molar-refractivity contribution in [2.45, 2.75) is 20.3 Å². The molecule has 1 rings (SSSR count). The number of nitrogens with zero attached hydrogens (tertiary/aromatic N) is 1. The van der Waals surface area contributed by atoms with Crippen molar-refractivity contribution in [2.24, 2.45) is 0 Å². The summed E-state index contributed by atoms with van der Waals surface area (Å²) in [5, 5.41) is 0. The lowest BCUT2D eigenvalue weighted by molar-refractivity contribution is 0.111. The molecule has 0 atom stereocenters. The van der Waals surface area contributed by atoms with Gasteiger partial charge in [0.25, 0.3) is 0 Å². The fourth-order valence-electron chi connectivity index (χ4n) is 1.38. The second-order valence-electron chi connectivity index (χ2n) is 3.70. The van der Waals surface area contributed by atoms with Gasteiger partial charge in [-0.1, -0.05) is 6.92 Å². The van der Waals surface area contributed by atoms with Crippen molar-refractivity contribution in [3.05, 3.63) is 23.8 Å². The number of rotatable bonds is 6. The van der Waals surface area contributed by atoms with Gasteiger partial charge in [-0.05, 0) is 25.5 Å². The molecule has 1 aromatic carbocycles. The topological polar surface area (TPSA) is 29.5 Å². The van der Waals surface area contributed by atoms with Crippen LogP contribution < -0.4 is 9.64 Å². The van der Waals surface area contributed by atoms with Gasteiger partial charge in [-0.15, -0.1) is 0 Å². The highest BCUT2D eigenvalue weighted by atomic mass is 16.5. The summed E-state index contributed by atoms with van der Waals surface area (Å²) in [5.41, 5.74) is 1.68. The average molecular weight is 221 g/mol. The van der Waals surface area contributed by atoms with Crippen molar-refractivity contribution < 1.29 is 9.53 Å². The molecule has 0 saturated heterocycles. The molecule has 3 heteroatoms. The Morgan fingerprint density at radius 1 is 1.38 bits per heavy atom. The normalized spacial score (nSPS) is 9.94. The lowest BCUT2D eigenvalue weighted by Gasteiger charge is -2.18. The Labute approximate surface area is 97.0 Å². The number of ether oxygens (including phenoxy) is 1. The minimum absolute atomic E-state index is 0.613. The Bertz CT molecular complexity index is 350. The molecule has 16 heavy (non-hydrogen) atoms. The molecular weight excluding hydrogens is 202 g/mol. The van der Waals surface area contributed by atoms with Crippen LogP contribution in [0.25, 0.3) is 0 Å². The van der Waals surface area contributed by atoms with Crippen LogP contribution in [0.5, 0.6) is 5.75 Å². The third-order valence-corrected chi connectivity index (χ3v) is 2.50. The third-order valence-electron chi connectivity index (χ3n) is 2.50. The first-order chi connectivity index (χ1) is 7.72. The Hall–Kier alpha value is -1.51. The van der Waals surface area contributed by atoms with Crippen LogP contribution >= 0.6 is 0 Å². The zero-order valence-corrected chi connectivity index (χ0v) is 10.2. The summed E-state index contributed by atoms with van der Waals surface area (Å²) >= 11 is 0. The lowest BCUT2D eigenvalue weighted by atomic mass is 10.2. The smallest absolute Gasteiger partial charge is 0.153 e. The molecule has 0 aromatic heterocycles. The maximum atomic E-state index is 10.8. The van der Waals surface area contributed by atoms with Crippen molar-refractivity contribution in [3.8, 4) is 5.75 Å². The van der Waals surface area contributed by atoms with Gasteiger partial charge >= 0.3 is 0 Å². The number of carbonyl (C=O) groups excluding carboxylic acids is 1. The van der Waals surface area contributed by atoms with E-state index in [1.807, 2.05) is 26.1 Å². The monoisotopic (exact) mass is 221 g/mol. The molecule has 1 aromatic rings. The predicted molar refractivity (Wildman–Crippen MR) is 66.6 cm³/mol. The van der Waals surface area contributed by atoms with Gasteiger partial charge < -0.3 is 9.64 Å². The van der Waals surface area contributed by atoms with Crippen LogP contribution in [0, 0.1) is 0 Å². The van der Waals surface area contributed by atoms with E-state index in [0.29, 0.717) is 17.9 Å². The van der Waals surface area contributed by atoms with Crippen LogP contribution in [-0.2, 0) is 0 Å². The number of hydrogen-bond donors (Lipinski definition) is 0. The van der Waals surface area contributed by atoms with Gasteiger partial charge in [0.2, 0.25) is 0 Å². The maximum Gasteiger partial charge on any atom is 0.153 e. The largest absolute Gasteiger partial charge is 0.493 e. The van der Waals surface area contributed by atoms with Gasteiger partial charge in [-0.25, -0.2) is 0 Å². The molecule has 88 valence electrons. The molecule has 0 unspecified atom stereocenters. The first-order valence-corrected chi connectivity index (χ1v) is 5.66. The molecule has 0 saturated carbocycles. The molecule has 0 bridgehead atoms. The van der Waals surface area contributed by atoms with E-state index < -0.39 is 0 Å². The summed E-state index contributed by atoms with van der Waals surface area (Å²) < 4.78 is 5.55. The van der Waals surface area contributed by atoms with Crippen LogP contribution in [0.4, 0.5) is 5.69 Å². The van der Waals surface area contributed by atoms with Crippen molar-refractivity contribution in [1.29, 1.82) is 0 Å². The third kappa shape index (κ3) is 2.99. The number of benzene rings is 1. The van der Waals surface area contributed by atoms with E-state index in [0.717, 1.165) is 24.9 Å². The quantitative estimate of drug-likeness (QED) is 0.692. The molecule has 0 fully saturated rings. The summed E-state index contributed by atoms with van der Waals surface area (Å²) in [6.07, 6.45) is 1.77. The van der Waals surface area contributed by atoms with Crippen molar-refractivity contribution in [1.82, 2.24) is 0 Å². The van der Waals surface area contributed by atoms with Crippen LogP contribution in [0.1, 0.15) is 30.6 Å². The average Bonchev–Trinajstić information content (AvgIpc) is 2.34. The second kappa shape index (κ2) is 6.16. The Morgan fingerprint density at radius 2 is 2.12 bits per heavy atom. The molecular formula is C13H19NO2. The van der Waals surface area contributed by atoms with Crippen LogP contribution in [0.2, 0.25) is 0 Å². The zero-order valence-electron chi connectivity index (χ0n) is 10.2. The summed E-state index contributed by atoms with van der Waals surface area (Å²) in [6, 6.07) is 5.66. The number of carbonyl (C=O) groups is 1. The molecule has 0 aliphatic rings. The van der Waals surface area contributed by atoms with Gasteiger partial charge in [-0.3, -0.25) is 4.79 Å². The van der Waals surface area contributed by atoms with Gasteiger partial charge in [0, 0.05) is 25.3 Å². The van der Waals surface area contributed by atoms with Crippen molar-refractivity contribution >= 4 is 12.0 Å². The zero-order chi connectivity index (χ0) is 12.0. The fraction of sp³-hybridized carbons (Fsp3) is 0.462. The van der Waals surface area contributed by atoms with Crippen molar-refractivity contribution in [2.75, 3.05) is 25.1 Å². The van der Waals surface area contributed by atoms with Gasteiger partial charge in [0.05, 0.1) is 12.2 Å². The summed E-state index contributed by atoms with van der Waals surface area (Å²) in [4.78, 5) is 13.0. The molecule has 0 spiro atoms. The van der Waals surface area contributed by atoms with E-state index in [-0.39, 0.29) is 0 Å². The van der Waals surface area contributed by atoms with Crippen LogP contribution in [0.15, 0.2) is 18.2 Å². The molecule has 0 aliphatic heterocycles.